The molecule has 0 atom stereocenters. The zero-order valence-corrected chi connectivity index (χ0v) is 17.7. The van der Waals surface area contributed by atoms with Crippen molar-refractivity contribution in [2.45, 2.75) is 36.5 Å². The summed E-state index contributed by atoms with van der Waals surface area (Å²) in [5.41, 5.74) is 7.32. The number of hydrogen-bond donors (Lipinski definition) is 1. The Morgan fingerprint density at radius 2 is 2.12 bits per heavy atom. The number of nitrogens with zero attached hydrogens (tertiary/aromatic N) is 4. The van der Waals surface area contributed by atoms with Crippen LogP contribution in [0.3, 0.4) is 0 Å². The molecule has 138 valence electrons. The Labute approximate surface area is 169 Å². The number of aromatic nitrogens is 4. The van der Waals surface area contributed by atoms with Crippen molar-refractivity contribution in [3.8, 4) is 5.75 Å². The van der Waals surface area contributed by atoms with Crippen molar-refractivity contribution >= 4 is 51.3 Å². The monoisotopic (exact) mass is 485 g/mol. The molecular formula is C17H20IN5O2S. The normalized spacial score (nSPS) is 11.4. The minimum atomic E-state index is 0.167. The summed E-state index contributed by atoms with van der Waals surface area (Å²) in [5, 5.41) is 0.797. The Hall–Kier alpha value is -1.59. The van der Waals surface area contributed by atoms with Gasteiger partial charge in [-0.3, -0.25) is 0 Å². The fourth-order valence-corrected chi connectivity index (χ4v) is 4.01. The van der Waals surface area contributed by atoms with E-state index in [2.05, 4.69) is 37.5 Å². The summed E-state index contributed by atoms with van der Waals surface area (Å²) >= 11 is 3.85. The van der Waals surface area contributed by atoms with Crippen LogP contribution >= 0.6 is 34.4 Å². The zero-order valence-electron chi connectivity index (χ0n) is 14.8. The summed E-state index contributed by atoms with van der Waals surface area (Å²) in [4.78, 5) is 14.2. The number of ether oxygens (including phenoxy) is 2. The summed E-state index contributed by atoms with van der Waals surface area (Å²) in [6.07, 6.45) is 1.63. The molecule has 9 heteroatoms. The third-order valence-electron chi connectivity index (χ3n) is 3.63. The van der Waals surface area contributed by atoms with Gasteiger partial charge in [-0.15, -0.1) is 0 Å². The molecular weight excluding hydrogens is 465 g/mol. The maximum Gasteiger partial charge on any atom is 0.175 e. The highest BCUT2D eigenvalue weighted by atomic mass is 127. The second-order valence-electron chi connectivity index (χ2n) is 5.80. The van der Waals surface area contributed by atoms with Crippen LogP contribution in [0.25, 0.3) is 11.2 Å². The van der Waals surface area contributed by atoms with Gasteiger partial charge in [-0.05, 0) is 54.6 Å². The fraction of sp³-hybridized carbons (Fsp3) is 0.353. The topological polar surface area (TPSA) is 88.1 Å². The molecule has 0 saturated heterocycles. The highest BCUT2D eigenvalue weighted by Crippen LogP contribution is 2.35. The first-order valence-electron chi connectivity index (χ1n) is 8.09. The highest BCUT2D eigenvalue weighted by molar-refractivity contribution is 14.1. The number of nitrogen functional groups attached to an aromatic ring is 1. The Bertz CT molecular complexity index is 916. The van der Waals surface area contributed by atoms with Crippen molar-refractivity contribution in [1.29, 1.82) is 0 Å². The van der Waals surface area contributed by atoms with Gasteiger partial charge < -0.3 is 19.8 Å². The van der Waals surface area contributed by atoms with Gasteiger partial charge in [-0.1, -0.05) is 11.8 Å². The smallest absolute Gasteiger partial charge is 0.175 e. The van der Waals surface area contributed by atoms with Crippen LogP contribution in [0.2, 0.25) is 0 Å². The quantitative estimate of drug-likeness (QED) is 0.512. The number of halogens is 1. The molecule has 3 rings (SSSR count). The molecule has 0 aliphatic heterocycles. The average molecular weight is 485 g/mol. The Balaban J connectivity index is 2.00. The summed E-state index contributed by atoms with van der Waals surface area (Å²) in [7, 11) is 1.66. The molecule has 0 unspecified atom stereocenters. The van der Waals surface area contributed by atoms with Gasteiger partial charge in [0.1, 0.15) is 12.1 Å². The average Bonchev–Trinajstić information content (AvgIpc) is 2.96. The zero-order chi connectivity index (χ0) is 18.7. The number of imidazole rings is 1. The second kappa shape index (κ2) is 8.40. The van der Waals surface area contributed by atoms with E-state index in [1.165, 1.54) is 6.33 Å². The molecule has 1 aromatic carbocycles. The molecule has 0 fully saturated rings. The van der Waals surface area contributed by atoms with E-state index in [1.807, 2.05) is 36.6 Å². The molecule has 0 aliphatic carbocycles. The lowest BCUT2D eigenvalue weighted by Crippen LogP contribution is -2.11. The van der Waals surface area contributed by atoms with Gasteiger partial charge in [0.05, 0.1) is 26.4 Å². The number of methoxy groups -OCH3 is 1. The SMILES string of the molecule is COc1ccc(I)c(Sc2nc3c(N)ncnc3n2CCOC(C)C)c1. The van der Waals surface area contributed by atoms with Crippen LogP contribution in [0.15, 0.2) is 34.6 Å². The third-order valence-corrected chi connectivity index (χ3v) is 5.99. The molecule has 2 aromatic heterocycles. The third kappa shape index (κ3) is 4.21. The van der Waals surface area contributed by atoms with Gasteiger partial charge in [-0.25, -0.2) is 15.0 Å². The standard InChI is InChI=1S/C17H20IN5O2S/c1-10(2)25-7-6-23-16-14(15(19)20-9-21-16)22-17(23)26-13-8-11(24-3)4-5-12(13)18/h4-5,8-10H,6-7H2,1-3H3,(H2,19,20,21). The Morgan fingerprint density at radius 1 is 1.31 bits per heavy atom. The van der Waals surface area contributed by atoms with E-state index >= 15 is 0 Å². The van der Waals surface area contributed by atoms with Gasteiger partial charge in [0, 0.05) is 8.47 Å². The van der Waals surface area contributed by atoms with Crippen LogP contribution in [-0.2, 0) is 11.3 Å². The van der Waals surface area contributed by atoms with E-state index in [-0.39, 0.29) is 6.10 Å². The van der Waals surface area contributed by atoms with E-state index in [0.717, 1.165) is 19.4 Å². The van der Waals surface area contributed by atoms with Crippen molar-refractivity contribution in [2.24, 2.45) is 0 Å². The van der Waals surface area contributed by atoms with Crippen LogP contribution in [0, 0.1) is 3.57 Å². The lowest BCUT2D eigenvalue weighted by Gasteiger charge is -2.12. The molecule has 7 nitrogen and oxygen atoms in total. The van der Waals surface area contributed by atoms with E-state index in [1.54, 1.807) is 18.9 Å². The van der Waals surface area contributed by atoms with Gasteiger partial charge >= 0.3 is 0 Å². The van der Waals surface area contributed by atoms with Crippen LogP contribution in [-0.4, -0.2) is 39.3 Å². The first kappa shape index (κ1) is 19.2. The molecule has 2 N–H and O–H groups in total. The summed E-state index contributed by atoms with van der Waals surface area (Å²) in [6, 6.07) is 5.95. The van der Waals surface area contributed by atoms with E-state index < -0.39 is 0 Å². The van der Waals surface area contributed by atoms with Crippen LogP contribution in [0.4, 0.5) is 5.82 Å². The van der Waals surface area contributed by atoms with Crippen molar-refractivity contribution in [1.82, 2.24) is 19.5 Å². The molecule has 0 bridgehead atoms. The number of benzene rings is 1. The maximum absolute atomic E-state index is 6.00. The molecule has 0 amide bonds. The molecule has 26 heavy (non-hydrogen) atoms. The summed E-state index contributed by atoms with van der Waals surface area (Å²) in [6.45, 7) is 5.23. The van der Waals surface area contributed by atoms with E-state index in [0.29, 0.717) is 30.1 Å². The van der Waals surface area contributed by atoms with Crippen molar-refractivity contribution in [3.63, 3.8) is 0 Å². The molecule has 0 saturated carbocycles. The Morgan fingerprint density at radius 3 is 2.85 bits per heavy atom. The van der Waals surface area contributed by atoms with Crippen LogP contribution in [0.5, 0.6) is 5.75 Å². The number of anilines is 1. The van der Waals surface area contributed by atoms with Crippen molar-refractivity contribution in [3.05, 3.63) is 28.1 Å². The van der Waals surface area contributed by atoms with E-state index in [9.17, 15) is 0 Å². The molecule has 3 aromatic rings. The van der Waals surface area contributed by atoms with Crippen LogP contribution in [0.1, 0.15) is 13.8 Å². The highest BCUT2D eigenvalue weighted by Gasteiger charge is 2.17. The van der Waals surface area contributed by atoms with Crippen LogP contribution < -0.4 is 10.5 Å². The summed E-state index contributed by atoms with van der Waals surface area (Å²) in [5.74, 6) is 1.18. The largest absolute Gasteiger partial charge is 0.497 e. The number of fused-ring (bicyclic) bond motifs is 1. The fourth-order valence-electron chi connectivity index (χ4n) is 2.38. The predicted molar refractivity (Wildman–Crippen MR) is 111 cm³/mol. The molecule has 0 spiro atoms. The Kier molecular flexibility index (Phi) is 6.20. The lowest BCUT2D eigenvalue weighted by molar-refractivity contribution is 0.0720. The van der Waals surface area contributed by atoms with Gasteiger partial charge in [-0.2, -0.15) is 0 Å². The lowest BCUT2D eigenvalue weighted by atomic mass is 10.3. The first-order chi connectivity index (χ1) is 12.5. The predicted octanol–water partition coefficient (Wildman–Crippen LogP) is 3.60. The summed E-state index contributed by atoms with van der Waals surface area (Å²) < 4.78 is 14.2. The molecule has 2 heterocycles. The van der Waals surface area contributed by atoms with Crippen molar-refractivity contribution in [2.75, 3.05) is 19.5 Å². The molecule has 0 radical (unpaired) electrons. The maximum atomic E-state index is 6.00. The van der Waals surface area contributed by atoms with E-state index in [4.69, 9.17) is 15.2 Å². The number of hydrogen-bond acceptors (Lipinski definition) is 7. The van der Waals surface area contributed by atoms with Crippen molar-refractivity contribution < 1.29 is 9.47 Å². The molecule has 0 aliphatic rings. The van der Waals surface area contributed by atoms with Gasteiger partial charge in [0.2, 0.25) is 0 Å². The minimum Gasteiger partial charge on any atom is -0.497 e. The van der Waals surface area contributed by atoms with Gasteiger partial charge in [0.15, 0.2) is 22.1 Å². The first-order valence-corrected chi connectivity index (χ1v) is 9.98. The van der Waals surface area contributed by atoms with Gasteiger partial charge in [0.25, 0.3) is 0 Å². The number of nitrogens with two attached hydrogens (primary N) is 1. The number of rotatable bonds is 7. The second-order valence-corrected chi connectivity index (χ2v) is 7.97. The minimum absolute atomic E-state index is 0.167.